The molecule has 0 fully saturated rings. The molecule has 0 radical (unpaired) electrons. The molecule has 0 aliphatic carbocycles. The topological polar surface area (TPSA) is 89.7 Å². The van der Waals surface area contributed by atoms with Crippen LogP contribution in [0.3, 0.4) is 0 Å². The maximum Gasteiger partial charge on any atom is 0.339 e. The highest BCUT2D eigenvalue weighted by molar-refractivity contribution is 5.91. The molecule has 0 aliphatic heterocycles. The van der Waals surface area contributed by atoms with Gasteiger partial charge in [0.1, 0.15) is 11.3 Å². The maximum atomic E-state index is 13.6. The number of para-hydroxylation sites is 1. The molecule has 7 heteroatoms. The Morgan fingerprint density at radius 1 is 1.25 bits per heavy atom. The zero-order valence-corrected chi connectivity index (χ0v) is 9.95. The summed E-state index contributed by atoms with van der Waals surface area (Å²) >= 11 is 0. The number of aromatic carboxylic acids is 1. The van der Waals surface area contributed by atoms with E-state index in [1.165, 1.54) is 30.3 Å². The number of non-ortho nitro benzene ring substituents is 1. The molecule has 0 heterocycles. The van der Waals surface area contributed by atoms with Gasteiger partial charge in [-0.1, -0.05) is 12.1 Å². The van der Waals surface area contributed by atoms with Crippen LogP contribution >= 0.6 is 0 Å². The Hall–Kier alpha value is -2.96. The lowest BCUT2D eigenvalue weighted by Crippen LogP contribution is -2.02. The quantitative estimate of drug-likeness (QED) is 0.684. The molecule has 2 aromatic rings. The van der Waals surface area contributed by atoms with Crippen molar-refractivity contribution < 1.29 is 24.0 Å². The molecule has 0 spiro atoms. The molecule has 2 rings (SSSR count). The Morgan fingerprint density at radius 2 is 1.95 bits per heavy atom. The Kier molecular flexibility index (Phi) is 3.60. The van der Waals surface area contributed by atoms with E-state index in [2.05, 4.69) is 0 Å². The van der Waals surface area contributed by atoms with Crippen LogP contribution in [0.25, 0.3) is 0 Å². The van der Waals surface area contributed by atoms with Crippen LogP contribution in [-0.2, 0) is 0 Å². The van der Waals surface area contributed by atoms with Gasteiger partial charge < -0.3 is 9.84 Å². The van der Waals surface area contributed by atoms with Gasteiger partial charge in [-0.2, -0.15) is 0 Å². The highest BCUT2D eigenvalue weighted by Gasteiger charge is 2.17. The van der Waals surface area contributed by atoms with E-state index in [-0.39, 0.29) is 17.0 Å². The fourth-order valence-electron chi connectivity index (χ4n) is 1.56. The van der Waals surface area contributed by atoms with Crippen molar-refractivity contribution in [3.05, 3.63) is 64.0 Å². The summed E-state index contributed by atoms with van der Waals surface area (Å²) in [5.74, 6) is -2.73. The predicted molar refractivity (Wildman–Crippen MR) is 66.5 cm³/mol. The molecule has 0 aliphatic rings. The number of nitrogens with zero attached hydrogens (tertiary/aromatic N) is 1. The van der Waals surface area contributed by atoms with Gasteiger partial charge in [0.05, 0.1) is 11.0 Å². The average molecular weight is 277 g/mol. The van der Waals surface area contributed by atoms with Crippen molar-refractivity contribution in [2.45, 2.75) is 0 Å². The molecule has 102 valence electrons. The number of hydrogen-bond acceptors (Lipinski definition) is 4. The molecule has 0 atom stereocenters. The van der Waals surface area contributed by atoms with E-state index >= 15 is 0 Å². The molecule has 0 amide bonds. The van der Waals surface area contributed by atoms with Gasteiger partial charge in [-0.3, -0.25) is 10.1 Å². The molecule has 2 aromatic carbocycles. The summed E-state index contributed by atoms with van der Waals surface area (Å²) in [5, 5.41) is 19.6. The molecule has 1 N–H and O–H groups in total. The minimum Gasteiger partial charge on any atom is -0.478 e. The molecule has 0 bridgehead atoms. The first-order valence-electron chi connectivity index (χ1n) is 5.43. The van der Waals surface area contributed by atoms with Crippen molar-refractivity contribution in [1.82, 2.24) is 0 Å². The standard InChI is InChI=1S/C13H8FNO5/c14-11-6-2-5-10(13(16)17)12(11)20-9-4-1-3-8(7-9)15(18)19/h1-7H,(H,16,17). The van der Waals surface area contributed by atoms with Crippen LogP contribution < -0.4 is 4.74 Å². The van der Waals surface area contributed by atoms with E-state index in [9.17, 15) is 19.3 Å². The van der Waals surface area contributed by atoms with Gasteiger partial charge >= 0.3 is 5.97 Å². The second-order valence-corrected chi connectivity index (χ2v) is 3.78. The van der Waals surface area contributed by atoms with Crippen molar-refractivity contribution in [3.8, 4) is 11.5 Å². The van der Waals surface area contributed by atoms with E-state index in [0.29, 0.717) is 0 Å². The van der Waals surface area contributed by atoms with Gasteiger partial charge in [0.2, 0.25) is 0 Å². The van der Waals surface area contributed by atoms with E-state index in [0.717, 1.165) is 12.1 Å². The monoisotopic (exact) mass is 277 g/mol. The smallest absolute Gasteiger partial charge is 0.339 e. The van der Waals surface area contributed by atoms with E-state index in [1.54, 1.807) is 0 Å². The highest BCUT2D eigenvalue weighted by Crippen LogP contribution is 2.30. The zero-order chi connectivity index (χ0) is 14.7. The third-order valence-electron chi connectivity index (χ3n) is 2.45. The van der Waals surface area contributed by atoms with Gasteiger partial charge in [-0.15, -0.1) is 0 Å². The summed E-state index contributed by atoms with van der Waals surface area (Å²) in [7, 11) is 0. The summed E-state index contributed by atoms with van der Waals surface area (Å²) in [4.78, 5) is 21.0. The Balaban J connectivity index is 2.42. The Bertz CT molecular complexity index is 686. The first-order chi connectivity index (χ1) is 9.49. The average Bonchev–Trinajstić information content (AvgIpc) is 2.41. The van der Waals surface area contributed by atoms with Crippen LogP contribution in [0.1, 0.15) is 10.4 Å². The highest BCUT2D eigenvalue weighted by atomic mass is 19.1. The minimum absolute atomic E-state index is 0.0215. The van der Waals surface area contributed by atoms with Crippen LogP contribution in [0.15, 0.2) is 42.5 Å². The number of benzene rings is 2. The fourth-order valence-corrected chi connectivity index (χ4v) is 1.56. The molecule has 0 unspecified atom stereocenters. The third kappa shape index (κ3) is 2.72. The molecular formula is C13H8FNO5. The van der Waals surface area contributed by atoms with E-state index in [1.807, 2.05) is 0 Å². The van der Waals surface area contributed by atoms with E-state index in [4.69, 9.17) is 9.84 Å². The lowest BCUT2D eigenvalue weighted by atomic mass is 10.2. The Morgan fingerprint density at radius 3 is 2.60 bits per heavy atom. The number of carboxylic acid groups (broad SMARTS) is 1. The van der Waals surface area contributed by atoms with Crippen LogP contribution in [0.5, 0.6) is 11.5 Å². The van der Waals surface area contributed by atoms with Crippen molar-refractivity contribution in [2.24, 2.45) is 0 Å². The third-order valence-corrected chi connectivity index (χ3v) is 2.45. The van der Waals surface area contributed by atoms with E-state index < -0.39 is 22.5 Å². The number of ether oxygens (including phenoxy) is 1. The SMILES string of the molecule is O=C(O)c1cccc(F)c1Oc1cccc([N+](=O)[O-])c1. The summed E-state index contributed by atoms with van der Waals surface area (Å²) in [6.07, 6.45) is 0. The maximum absolute atomic E-state index is 13.6. The van der Waals surface area contributed by atoms with Crippen LogP contribution in [0.2, 0.25) is 0 Å². The molecule has 0 saturated heterocycles. The molecule has 0 aromatic heterocycles. The predicted octanol–water partition coefficient (Wildman–Crippen LogP) is 3.22. The van der Waals surface area contributed by atoms with Crippen LogP contribution in [-0.4, -0.2) is 16.0 Å². The number of nitro groups is 1. The molecular weight excluding hydrogens is 269 g/mol. The Labute approximate surface area is 112 Å². The summed E-state index contributed by atoms with van der Waals surface area (Å²) in [6.45, 7) is 0. The number of rotatable bonds is 4. The summed E-state index contributed by atoms with van der Waals surface area (Å²) in [6, 6.07) is 8.50. The second-order valence-electron chi connectivity index (χ2n) is 3.78. The number of carboxylic acids is 1. The summed E-state index contributed by atoms with van der Waals surface area (Å²) in [5.41, 5.74) is -0.604. The van der Waals surface area contributed by atoms with Gasteiger partial charge in [0, 0.05) is 6.07 Å². The molecule has 6 nitrogen and oxygen atoms in total. The lowest BCUT2D eigenvalue weighted by molar-refractivity contribution is -0.384. The zero-order valence-electron chi connectivity index (χ0n) is 9.95. The number of hydrogen-bond donors (Lipinski definition) is 1. The normalized spacial score (nSPS) is 10.1. The van der Waals surface area contributed by atoms with Gasteiger partial charge in [0.15, 0.2) is 11.6 Å². The number of nitro benzene ring substituents is 1. The van der Waals surface area contributed by atoms with Crippen LogP contribution in [0.4, 0.5) is 10.1 Å². The first-order valence-corrected chi connectivity index (χ1v) is 5.43. The number of carbonyl (C=O) groups is 1. The van der Waals surface area contributed by atoms with Crippen molar-refractivity contribution >= 4 is 11.7 Å². The van der Waals surface area contributed by atoms with Gasteiger partial charge in [-0.25, -0.2) is 9.18 Å². The molecule has 20 heavy (non-hydrogen) atoms. The van der Waals surface area contributed by atoms with Crippen molar-refractivity contribution in [3.63, 3.8) is 0 Å². The van der Waals surface area contributed by atoms with Gasteiger partial charge in [-0.05, 0) is 18.2 Å². The summed E-state index contributed by atoms with van der Waals surface area (Å²) < 4.78 is 18.8. The largest absolute Gasteiger partial charge is 0.478 e. The second kappa shape index (κ2) is 5.35. The molecule has 0 saturated carbocycles. The van der Waals surface area contributed by atoms with Gasteiger partial charge in [0.25, 0.3) is 5.69 Å². The first kappa shape index (κ1) is 13.5. The fraction of sp³-hybridized carbons (Fsp3) is 0. The number of halogens is 1. The lowest BCUT2D eigenvalue weighted by Gasteiger charge is -2.09. The van der Waals surface area contributed by atoms with Crippen molar-refractivity contribution in [1.29, 1.82) is 0 Å². The van der Waals surface area contributed by atoms with Crippen LogP contribution in [0, 0.1) is 15.9 Å². The minimum atomic E-state index is -1.36. The van der Waals surface area contributed by atoms with Crippen molar-refractivity contribution in [2.75, 3.05) is 0 Å².